The summed E-state index contributed by atoms with van der Waals surface area (Å²) in [6, 6.07) is 16.9. The van der Waals surface area contributed by atoms with Crippen LogP contribution in [-0.2, 0) is 10.3 Å². The van der Waals surface area contributed by atoms with E-state index in [2.05, 4.69) is 36.6 Å². The van der Waals surface area contributed by atoms with Gasteiger partial charge in [0, 0.05) is 22.0 Å². The van der Waals surface area contributed by atoms with Crippen molar-refractivity contribution in [2.75, 3.05) is 5.32 Å². The number of aromatic nitrogens is 1. The minimum Gasteiger partial charge on any atom is -0.298 e. The molecule has 0 spiro atoms. The van der Waals surface area contributed by atoms with Crippen molar-refractivity contribution in [2.45, 2.75) is 26.2 Å². The molecule has 3 rings (SSSR count). The molecule has 1 N–H and O–H groups in total. The van der Waals surface area contributed by atoms with Gasteiger partial charge in [0.25, 0.3) is 0 Å². The van der Waals surface area contributed by atoms with Gasteiger partial charge in [-0.25, -0.2) is 9.78 Å². The second-order valence-electron chi connectivity index (χ2n) is 7.01. The van der Waals surface area contributed by atoms with Gasteiger partial charge in [-0.15, -0.1) is 11.3 Å². The number of nitrogens with zero attached hydrogens (tertiary/aromatic N) is 2. The third-order valence-electron chi connectivity index (χ3n) is 3.79. The van der Waals surface area contributed by atoms with Crippen LogP contribution in [0.3, 0.4) is 0 Å². The van der Waals surface area contributed by atoms with Crippen LogP contribution in [0.4, 0.5) is 10.5 Å². The minimum absolute atomic E-state index is 0.0407. The molecule has 0 aliphatic rings. The quantitative estimate of drug-likeness (QED) is 0.360. The molecule has 2 aromatic carbocycles. The van der Waals surface area contributed by atoms with E-state index in [1.165, 1.54) is 6.21 Å². The van der Waals surface area contributed by atoms with Gasteiger partial charge in [0.05, 0.1) is 11.9 Å². The lowest BCUT2D eigenvalue weighted by Crippen LogP contribution is -2.11. The van der Waals surface area contributed by atoms with Gasteiger partial charge < -0.3 is 0 Å². The van der Waals surface area contributed by atoms with Crippen molar-refractivity contribution in [3.05, 3.63) is 71.2 Å². The van der Waals surface area contributed by atoms with Crippen LogP contribution in [-0.4, -0.2) is 17.3 Å². The second-order valence-corrected chi connectivity index (χ2v) is 7.87. The van der Waals surface area contributed by atoms with Crippen LogP contribution in [0, 0.1) is 0 Å². The van der Waals surface area contributed by atoms with Crippen molar-refractivity contribution in [3.63, 3.8) is 0 Å². The largest absolute Gasteiger partial charge is 0.437 e. The van der Waals surface area contributed by atoms with Gasteiger partial charge in [0.2, 0.25) is 0 Å². The molecule has 0 bridgehead atoms. The Hall–Kier alpha value is -2.99. The van der Waals surface area contributed by atoms with Gasteiger partial charge in [0.1, 0.15) is 5.01 Å². The zero-order chi connectivity index (χ0) is 19.3. The molecule has 0 atom stereocenters. The Balaban J connectivity index is 1.58. The molecule has 0 aliphatic carbocycles. The summed E-state index contributed by atoms with van der Waals surface area (Å²) in [5.74, 6) is 0. The highest BCUT2D eigenvalue weighted by Crippen LogP contribution is 2.29. The number of carbonyl (C=O) groups excluding carboxylic acids is 1. The van der Waals surface area contributed by atoms with E-state index in [4.69, 9.17) is 9.82 Å². The molecule has 5 nitrogen and oxygen atoms in total. The number of oxime groups is 1. The molecular formula is C21H21N3O2S. The number of amides is 1. The summed E-state index contributed by atoms with van der Waals surface area (Å²) in [5.41, 5.74) is 3.67. The fourth-order valence-corrected chi connectivity index (χ4v) is 3.31. The van der Waals surface area contributed by atoms with Crippen molar-refractivity contribution in [3.8, 4) is 10.6 Å². The molecule has 6 heteroatoms. The fraction of sp³-hybridized carbons (Fsp3) is 0.190. The van der Waals surface area contributed by atoms with Crippen LogP contribution in [0.1, 0.15) is 32.0 Å². The van der Waals surface area contributed by atoms with E-state index in [0.717, 1.165) is 21.8 Å². The molecule has 0 unspecified atom stereocenters. The summed E-state index contributed by atoms with van der Waals surface area (Å²) in [6.07, 6.45) is 0.864. The van der Waals surface area contributed by atoms with Gasteiger partial charge in [-0.3, -0.25) is 10.2 Å². The highest BCUT2D eigenvalue weighted by Gasteiger charge is 2.17. The predicted octanol–water partition coefficient (Wildman–Crippen LogP) is 5.69. The number of anilines is 1. The van der Waals surface area contributed by atoms with Gasteiger partial charge >= 0.3 is 6.09 Å². The zero-order valence-electron chi connectivity index (χ0n) is 15.5. The predicted molar refractivity (Wildman–Crippen MR) is 110 cm³/mol. The van der Waals surface area contributed by atoms with Crippen molar-refractivity contribution < 1.29 is 9.63 Å². The summed E-state index contributed by atoms with van der Waals surface area (Å²) < 4.78 is 0. The molecule has 0 radical (unpaired) electrons. The van der Waals surface area contributed by atoms with Crippen LogP contribution in [0.2, 0.25) is 0 Å². The van der Waals surface area contributed by atoms with E-state index < -0.39 is 6.09 Å². The van der Waals surface area contributed by atoms with E-state index in [0.29, 0.717) is 5.69 Å². The normalized spacial score (nSPS) is 11.5. The molecule has 0 fully saturated rings. The minimum atomic E-state index is -0.633. The standard InChI is InChI=1S/C21H21N3O2S/c1-21(2,3)18-14-27-19(24-18)16-11-9-15(10-12-16)13-22-26-20(25)23-17-7-5-4-6-8-17/h4-14H,1-3H3,(H,23,25)/b22-13-. The van der Waals surface area contributed by atoms with E-state index in [-0.39, 0.29) is 5.41 Å². The van der Waals surface area contributed by atoms with Gasteiger partial charge in [-0.2, -0.15) is 0 Å². The molecule has 0 saturated carbocycles. The van der Waals surface area contributed by atoms with Crippen molar-refractivity contribution in [1.82, 2.24) is 4.98 Å². The van der Waals surface area contributed by atoms with Crippen LogP contribution in [0.25, 0.3) is 10.6 Å². The van der Waals surface area contributed by atoms with Crippen molar-refractivity contribution >= 4 is 29.3 Å². The summed E-state index contributed by atoms with van der Waals surface area (Å²) in [5, 5.41) is 9.41. The Morgan fingerprint density at radius 2 is 1.81 bits per heavy atom. The Labute approximate surface area is 162 Å². The molecule has 0 saturated heterocycles. The van der Waals surface area contributed by atoms with Crippen molar-refractivity contribution in [1.29, 1.82) is 0 Å². The molecule has 1 amide bonds. The molecule has 1 aromatic heterocycles. The summed E-state index contributed by atoms with van der Waals surface area (Å²) in [6.45, 7) is 6.46. The number of hydrogen-bond acceptors (Lipinski definition) is 5. The molecule has 1 heterocycles. The lowest BCUT2D eigenvalue weighted by molar-refractivity contribution is 0.167. The lowest BCUT2D eigenvalue weighted by atomic mass is 9.93. The maximum absolute atomic E-state index is 11.7. The number of benzene rings is 2. The Morgan fingerprint density at radius 1 is 1.11 bits per heavy atom. The number of nitrogens with one attached hydrogen (secondary N) is 1. The number of carbonyl (C=O) groups is 1. The molecule has 3 aromatic rings. The Morgan fingerprint density at radius 3 is 2.44 bits per heavy atom. The van der Waals surface area contributed by atoms with E-state index in [1.807, 2.05) is 42.5 Å². The molecule has 27 heavy (non-hydrogen) atoms. The number of para-hydroxylation sites is 1. The van der Waals surface area contributed by atoms with Gasteiger partial charge in [0.15, 0.2) is 0 Å². The van der Waals surface area contributed by atoms with Crippen LogP contribution in [0.15, 0.2) is 65.1 Å². The third kappa shape index (κ3) is 5.24. The summed E-state index contributed by atoms with van der Waals surface area (Å²) >= 11 is 1.64. The summed E-state index contributed by atoms with van der Waals surface area (Å²) in [4.78, 5) is 21.2. The first-order valence-electron chi connectivity index (χ1n) is 8.55. The monoisotopic (exact) mass is 379 g/mol. The number of rotatable bonds is 4. The summed E-state index contributed by atoms with van der Waals surface area (Å²) in [7, 11) is 0. The average Bonchev–Trinajstić information content (AvgIpc) is 3.14. The topological polar surface area (TPSA) is 63.6 Å². The highest BCUT2D eigenvalue weighted by molar-refractivity contribution is 7.13. The van der Waals surface area contributed by atoms with Gasteiger partial charge in [-0.05, 0) is 17.7 Å². The van der Waals surface area contributed by atoms with Crippen molar-refractivity contribution in [2.24, 2.45) is 5.16 Å². The third-order valence-corrected chi connectivity index (χ3v) is 4.68. The highest BCUT2D eigenvalue weighted by atomic mass is 32.1. The molecular weight excluding hydrogens is 358 g/mol. The SMILES string of the molecule is CC(C)(C)c1csc(-c2ccc(/C=N\OC(=O)Nc3ccccc3)cc2)n1. The van der Waals surface area contributed by atoms with Crippen LogP contribution < -0.4 is 5.32 Å². The van der Waals surface area contributed by atoms with E-state index in [1.54, 1.807) is 23.5 Å². The molecule has 138 valence electrons. The second kappa shape index (κ2) is 8.14. The van der Waals surface area contributed by atoms with Crippen LogP contribution in [0.5, 0.6) is 0 Å². The first kappa shape index (κ1) is 18.8. The van der Waals surface area contributed by atoms with E-state index >= 15 is 0 Å². The zero-order valence-corrected chi connectivity index (χ0v) is 16.3. The average molecular weight is 379 g/mol. The first-order chi connectivity index (χ1) is 12.9. The maximum atomic E-state index is 11.7. The first-order valence-corrected chi connectivity index (χ1v) is 9.43. The van der Waals surface area contributed by atoms with Gasteiger partial charge in [-0.1, -0.05) is 68.4 Å². The smallest absolute Gasteiger partial charge is 0.298 e. The van der Waals surface area contributed by atoms with Crippen LogP contribution >= 0.6 is 11.3 Å². The Bertz CT molecular complexity index is 926. The van der Waals surface area contributed by atoms with E-state index in [9.17, 15) is 4.79 Å². The fourth-order valence-electron chi connectivity index (χ4n) is 2.26. The molecule has 0 aliphatic heterocycles. The maximum Gasteiger partial charge on any atom is 0.437 e. The number of hydrogen-bond donors (Lipinski definition) is 1. The Kier molecular flexibility index (Phi) is 5.66. The lowest BCUT2D eigenvalue weighted by Gasteiger charge is -2.14. The number of thiazole rings is 1.